The Labute approximate surface area is 135 Å². The molecule has 0 radical (unpaired) electrons. The molecule has 1 N–H and O–H groups in total. The minimum Gasteiger partial charge on any atom is -0.365 e. The van der Waals surface area contributed by atoms with E-state index in [9.17, 15) is 9.18 Å². The van der Waals surface area contributed by atoms with Gasteiger partial charge in [-0.1, -0.05) is 12.8 Å². The van der Waals surface area contributed by atoms with Crippen LogP contribution in [0.15, 0.2) is 34.7 Å². The molecule has 1 fully saturated rings. The van der Waals surface area contributed by atoms with Gasteiger partial charge in [0.1, 0.15) is 4.70 Å². The van der Waals surface area contributed by atoms with Crippen molar-refractivity contribution in [2.24, 2.45) is 0 Å². The number of halogens is 1. The highest BCUT2D eigenvalue weighted by atomic mass is 32.1. The first-order valence-electron chi connectivity index (χ1n) is 7.60. The van der Waals surface area contributed by atoms with Crippen LogP contribution in [0.1, 0.15) is 25.7 Å². The van der Waals surface area contributed by atoms with Crippen molar-refractivity contribution in [1.29, 1.82) is 0 Å². The lowest BCUT2D eigenvalue weighted by Crippen LogP contribution is -2.21. The Balaban J connectivity index is 1.69. The fourth-order valence-corrected chi connectivity index (χ4v) is 3.76. The van der Waals surface area contributed by atoms with Crippen molar-refractivity contribution in [3.05, 3.63) is 46.1 Å². The third kappa shape index (κ3) is 2.61. The van der Waals surface area contributed by atoms with Gasteiger partial charge in [-0.3, -0.25) is 4.79 Å². The van der Waals surface area contributed by atoms with Gasteiger partial charge in [-0.05, 0) is 24.3 Å². The summed E-state index contributed by atoms with van der Waals surface area (Å²) in [7, 11) is 0. The molecular weight excluding hydrogens is 315 g/mol. The number of hydrogen-bond acceptors (Lipinski definition) is 5. The third-order valence-corrected chi connectivity index (χ3v) is 5.08. The zero-order chi connectivity index (χ0) is 15.8. The topological polar surface area (TPSA) is 59.8 Å². The third-order valence-electron chi connectivity index (χ3n) is 4.16. The molecule has 5 nitrogen and oxygen atoms in total. The molecule has 4 rings (SSSR count). The lowest BCUT2D eigenvalue weighted by atomic mass is 10.2. The molecule has 0 spiro atoms. The second kappa shape index (κ2) is 5.73. The van der Waals surface area contributed by atoms with Gasteiger partial charge in [-0.2, -0.15) is 9.78 Å². The normalized spacial score (nSPS) is 15.3. The van der Waals surface area contributed by atoms with E-state index < -0.39 is 5.82 Å². The minimum absolute atomic E-state index is 0.242. The van der Waals surface area contributed by atoms with Crippen LogP contribution in [0.5, 0.6) is 0 Å². The lowest BCUT2D eigenvalue weighted by Gasteiger charge is -2.13. The number of anilines is 1. The summed E-state index contributed by atoms with van der Waals surface area (Å²) in [5.74, 6) is -0.222. The summed E-state index contributed by atoms with van der Waals surface area (Å²) < 4.78 is 16.1. The number of aromatic nitrogens is 3. The molecule has 23 heavy (non-hydrogen) atoms. The van der Waals surface area contributed by atoms with Crippen LogP contribution in [-0.2, 0) is 0 Å². The van der Waals surface area contributed by atoms with Crippen LogP contribution >= 0.6 is 11.3 Å². The predicted octanol–water partition coefficient (Wildman–Crippen LogP) is 3.34. The van der Waals surface area contributed by atoms with Crippen LogP contribution < -0.4 is 10.9 Å². The van der Waals surface area contributed by atoms with Crippen LogP contribution in [0.25, 0.3) is 15.8 Å². The maximum absolute atomic E-state index is 14.3. The van der Waals surface area contributed by atoms with E-state index in [-0.39, 0.29) is 17.4 Å². The number of nitrogens with zero attached hydrogens (tertiary/aromatic N) is 3. The first kappa shape index (κ1) is 14.3. The van der Waals surface area contributed by atoms with Crippen molar-refractivity contribution in [1.82, 2.24) is 14.8 Å². The van der Waals surface area contributed by atoms with E-state index in [0.29, 0.717) is 10.4 Å². The zero-order valence-corrected chi connectivity index (χ0v) is 13.1. The van der Waals surface area contributed by atoms with Gasteiger partial charge < -0.3 is 5.32 Å². The Morgan fingerprint density at radius 2 is 2.13 bits per heavy atom. The Hall–Kier alpha value is -2.28. The van der Waals surface area contributed by atoms with Gasteiger partial charge in [-0.15, -0.1) is 11.3 Å². The highest BCUT2D eigenvalue weighted by Crippen LogP contribution is 2.23. The van der Waals surface area contributed by atoms with Crippen molar-refractivity contribution in [2.75, 3.05) is 5.32 Å². The summed E-state index contributed by atoms with van der Waals surface area (Å²) in [6.45, 7) is 0. The molecule has 7 heteroatoms. The lowest BCUT2D eigenvalue weighted by molar-refractivity contribution is 0.614. The van der Waals surface area contributed by atoms with Crippen LogP contribution in [0.3, 0.4) is 0 Å². The second-order valence-corrected chi connectivity index (χ2v) is 6.63. The van der Waals surface area contributed by atoms with E-state index in [1.54, 1.807) is 6.20 Å². The summed E-state index contributed by atoms with van der Waals surface area (Å²) in [5, 5.41) is 9.88. The Bertz CT molecular complexity index is 914. The van der Waals surface area contributed by atoms with Crippen LogP contribution in [0, 0.1) is 5.82 Å². The van der Waals surface area contributed by atoms with E-state index in [2.05, 4.69) is 15.4 Å². The molecule has 3 aromatic heterocycles. The van der Waals surface area contributed by atoms with Crippen molar-refractivity contribution >= 4 is 27.2 Å². The van der Waals surface area contributed by atoms with E-state index >= 15 is 0 Å². The zero-order valence-electron chi connectivity index (χ0n) is 12.3. The monoisotopic (exact) mass is 330 g/mol. The molecule has 0 unspecified atom stereocenters. The molecular formula is C16H15FN4OS. The number of fused-ring (bicyclic) bond motifs is 1. The smallest absolute Gasteiger partial charge is 0.289 e. The summed E-state index contributed by atoms with van der Waals surface area (Å²) in [6.07, 6.45) is 7.50. The quantitative estimate of drug-likeness (QED) is 0.800. The van der Waals surface area contributed by atoms with Crippen molar-refractivity contribution in [3.63, 3.8) is 0 Å². The number of pyridine rings is 1. The molecule has 1 aliphatic rings. The van der Waals surface area contributed by atoms with Crippen molar-refractivity contribution in [2.45, 2.75) is 31.7 Å². The van der Waals surface area contributed by atoms with Crippen LogP contribution in [-0.4, -0.2) is 20.8 Å². The average Bonchev–Trinajstić information content (AvgIpc) is 3.21. The summed E-state index contributed by atoms with van der Waals surface area (Å²) in [5.41, 5.74) is 0.0787. The van der Waals surface area contributed by atoms with E-state index in [1.165, 1.54) is 28.3 Å². The van der Waals surface area contributed by atoms with Crippen LogP contribution in [0.4, 0.5) is 10.2 Å². The number of thiophene rings is 1. The maximum Gasteiger partial charge on any atom is 0.289 e. The molecule has 0 bridgehead atoms. The minimum atomic E-state index is -0.464. The molecule has 0 atom stereocenters. The number of nitrogens with one attached hydrogen (secondary N) is 1. The molecule has 0 aromatic carbocycles. The first-order valence-corrected chi connectivity index (χ1v) is 8.48. The molecule has 3 heterocycles. The Morgan fingerprint density at radius 3 is 2.91 bits per heavy atom. The van der Waals surface area contributed by atoms with E-state index in [1.807, 2.05) is 11.4 Å². The largest absolute Gasteiger partial charge is 0.365 e. The summed E-state index contributed by atoms with van der Waals surface area (Å²) >= 11 is 1.35. The summed E-state index contributed by atoms with van der Waals surface area (Å²) in [6, 6.07) is 3.43. The van der Waals surface area contributed by atoms with E-state index in [0.717, 1.165) is 31.1 Å². The SMILES string of the molecule is O=c1c2sccc2cnn1-c1cnc(NC2CCCC2)c(F)c1. The molecule has 118 valence electrons. The van der Waals surface area contributed by atoms with Gasteiger partial charge in [0.05, 0.1) is 18.1 Å². The van der Waals surface area contributed by atoms with Crippen molar-refractivity contribution in [3.8, 4) is 5.69 Å². The van der Waals surface area contributed by atoms with Gasteiger partial charge >= 0.3 is 0 Å². The molecule has 1 aliphatic carbocycles. The Morgan fingerprint density at radius 1 is 1.30 bits per heavy atom. The van der Waals surface area contributed by atoms with Crippen molar-refractivity contribution < 1.29 is 4.39 Å². The Kier molecular flexibility index (Phi) is 3.57. The molecule has 3 aromatic rings. The molecule has 0 aliphatic heterocycles. The van der Waals surface area contributed by atoms with Gasteiger partial charge in [0.25, 0.3) is 5.56 Å². The average molecular weight is 330 g/mol. The van der Waals surface area contributed by atoms with Gasteiger partial charge in [0.15, 0.2) is 11.6 Å². The predicted molar refractivity (Wildman–Crippen MR) is 88.8 cm³/mol. The first-order chi connectivity index (χ1) is 11.2. The van der Waals surface area contributed by atoms with E-state index in [4.69, 9.17) is 0 Å². The molecule has 0 amide bonds. The number of rotatable bonds is 3. The highest BCUT2D eigenvalue weighted by molar-refractivity contribution is 7.17. The fraction of sp³-hybridized carbons (Fsp3) is 0.312. The fourth-order valence-electron chi connectivity index (χ4n) is 2.96. The molecule has 1 saturated carbocycles. The molecule has 0 saturated heterocycles. The van der Waals surface area contributed by atoms with Crippen LogP contribution in [0.2, 0.25) is 0 Å². The van der Waals surface area contributed by atoms with Gasteiger partial charge in [0.2, 0.25) is 0 Å². The highest BCUT2D eigenvalue weighted by Gasteiger charge is 2.17. The number of hydrogen-bond donors (Lipinski definition) is 1. The van der Waals surface area contributed by atoms with Gasteiger partial charge in [0, 0.05) is 17.5 Å². The van der Waals surface area contributed by atoms with Gasteiger partial charge in [-0.25, -0.2) is 9.37 Å². The second-order valence-electron chi connectivity index (χ2n) is 5.72. The standard InChI is InChI=1S/C16H15FN4OS/c17-13-7-12(9-18-15(13)20-11-3-1-2-4-11)21-16(22)14-10(8-19-21)5-6-23-14/h5-9,11H,1-4H2,(H,18,20). The summed E-state index contributed by atoms with van der Waals surface area (Å²) in [4.78, 5) is 16.6. The maximum atomic E-state index is 14.3.